The molecule has 1 unspecified atom stereocenters. The first-order chi connectivity index (χ1) is 11.7. The molecule has 2 fully saturated rings. The van der Waals surface area contributed by atoms with Crippen LogP contribution in [0.1, 0.15) is 18.4 Å². The number of benzene rings is 1. The van der Waals surface area contributed by atoms with Gasteiger partial charge in [-0.3, -0.25) is 9.30 Å². The number of fused-ring (bicyclic) bond motifs is 4. The summed E-state index contributed by atoms with van der Waals surface area (Å²) in [4.78, 5) is 9.45. The highest BCUT2D eigenvalue weighted by molar-refractivity contribution is 5.84. The fourth-order valence-electron chi connectivity index (χ4n) is 4.13. The zero-order chi connectivity index (χ0) is 16.3. The van der Waals surface area contributed by atoms with Crippen LogP contribution in [0.15, 0.2) is 18.5 Å². The van der Waals surface area contributed by atoms with E-state index in [2.05, 4.69) is 25.0 Å². The minimum absolute atomic E-state index is 0.290. The maximum Gasteiger partial charge on any atom is 0.204 e. The Bertz CT molecular complexity index is 936. The molecule has 0 spiro atoms. The van der Waals surface area contributed by atoms with Gasteiger partial charge in [0, 0.05) is 25.7 Å². The predicted molar refractivity (Wildman–Crippen MR) is 89.8 cm³/mol. The fourth-order valence-corrected chi connectivity index (χ4v) is 4.13. The van der Waals surface area contributed by atoms with Crippen LogP contribution in [-0.4, -0.2) is 56.7 Å². The van der Waals surface area contributed by atoms with Crippen molar-refractivity contribution in [3.63, 3.8) is 0 Å². The largest absolute Gasteiger partial charge is 0.351 e. The van der Waals surface area contributed by atoms with Crippen LogP contribution < -0.4 is 4.90 Å². The molecular weight excluding hydrogens is 307 g/mol. The predicted octanol–water partition coefficient (Wildman–Crippen LogP) is 2.01. The molecule has 0 bridgehead atoms. The molecular formula is C17H19FN6. The summed E-state index contributed by atoms with van der Waals surface area (Å²) in [6, 6.07) is 4.03. The molecule has 0 saturated carbocycles. The molecule has 1 aromatic carbocycles. The molecule has 5 rings (SSSR count). The molecule has 0 amide bonds. The van der Waals surface area contributed by atoms with Gasteiger partial charge in [0.15, 0.2) is 11.6 Å². The van der Waals surface area contributed by atoms with Crippen LogP contribution in [0.25, 0.3) is 16.7 Å². The standard InChI is InChI=1S/C17H19FN6/c1-11-7-13(18)15-14(8-11)24-10-19-21-17(24)16(20-15)23-6-5-22-4-2-3-12(22)9-23/h7-8,10,12H,2-6,9H2,1H3. The van der Waals surface area contributed by atoms with Gasteiger partial charge in [-0.25, -0.2) is 9.37 Å². The van der Waals surface area contributed by atoms with E-state index < -0.39 is 0 Å². The van der Waals surface area contributed by atoms with Crippen LogP contribution in [0.4, 0.5) is 10.2 Å². The van der Waals surface area contributed by atoms with Crippen molar-refractivity contribution in [1.29, 1.82) is 0 Å². The lowest BCUT2D eigenvalue weighted by molar-refractivity contribution is 0.230. The summed E-state index contributed by atoms with van der Waals surface area (Å²) in [5, 5.41) is 8.31. The summed E-state index contributed by atoms with van der Waals surface area (Å²) in [7, 11) is 0. The maximum absolute atomic E-state index is 14.5. The van der Waals surface area contributed by atoms with Gasteiger partial charge in [-0.1, -0.05) is 0 Å². The molecule has 2 aliphatic heterocycles. The number of aromatic nitrogens is 4. The number of hydrogen-bond acceptors (Lipinski definition) is 5. The van der Waals surface area contributed by atoms with Crippen molar-refractivity contribution in [1.82, 2.24) is 24.5 Å². The average molecular weight is 326 g/mol. The Morgan fingerprint density at radius 2 is 2.12 bits per heavy atom. The Balaban J connectivity index is 1.68. The third kappa shape index (κ3) is 2.00. The number of rotatable bonds is 1. The van der Waals surface area contributed by atoms with Crippen molar-refractivity contribution in [2.45, 2.75) is 25.8 Å². The van der Waals surface area contributed by atoms with Gasteiger partial charge in [0.1, 0.15) is 11.8 Å². The van der Waals surface area contributed by atoms with Gasteiger partial charge < -0.3 is 4.90 Å². The Morgan fingerprint density at radius 3 is 3.04 bits per heavy atom. The van der Waals surface area contributed by atoms with Gasteiger partial charge in [0.2, 0.25) is 5.65 Å². The van der Waals surface area contributed by atoms with Gasteiger partial charge in [0.05, 0.1) is 5.52 Å². The SMILES string of the molecule is Cc1cc(F)c2nc(N3CCN4CCCC4C3)c3nncn3c2c1. The zero-order valence-electron chi connectivity index (χ0n) is 13.6. The van der Waals surface area contributed by atoms with Crippen molar-refractivity contribution in [3.8, 4) is 0 Å². The minimum atomic E-state index is -0.290. The highest BCUT2D eigenvalue weighted by atomic mass is 19.1. The first-order valence-corrected chi connectivity index (χ1v) is 8.49. The van der Waals surface area contributed by atoms with Crippen molar-refractivity contribution in [2.24, 2.45) is 0 Å². The van der Waals surface area contributed by atoms with Crippen LogP contribution in [-0.2, 0) is 0 Å². The molecule has 7 heteroatoms. The van der Waals surface area contributed by atoms with Crippen LogP contribution >= 0.6 is 0 Å². The van der Waals surface area contributed by atoms with Crippen LogP contribution in [0.2, 0.25) is 0 Å². The third-order valence-corrected chi connectivity index (χ3v) is 5.30. The number of nitrogens with zero attached hydrogens (tertiary/aromatic N) is 6. The first kappa shape index (κ1) is 14.1. The maximum atomic E-state index is 14.5. The molecule has 0 N–H and O–H groups in total. The zero-order valence-corrected chi connectivity index (χ0v) is 13.6. The summed E-state index contributed by atoms with van der Waals surface area (Å²) >= 11 is 0. The van der Waals surface area contributed by atoms with E-state index in [9.17, 15) is 4.39 Å². The lowest BCUT2D eigenvalue weighted by Gasteiger charge is -2.38. The van der Waals surface area contributed by atoms with E-state index in [1.165, 1.54) is 25.5 Å². The first-order valence-electron chi connectivity index (χ1n) is 8.49. The molecule has 2 aliphatic rings. The van der Waals surface area contributed by atoms with Gasteiger partial charge >= 0.3 is 0 Å². The summed E-state index contributed by atoms with van der Waals surface area (Å²) < 4.78 is 16.4. The monoisotopic (exact) mass is 326 g/mol. The van der Waals surface area contributed by atoms with E-state index in [0.29, 0.717) is 17.2 Å². The van der Waals surface area contributed by atoms with Crippen molar-refractivity contribution < 1.29 is 4.39 Å². The molecule has 2 aromatic heterocycles. The second-order valence-corrected chi connectivity index (χ2v) is 6.85. The summed E-state index contributed by atoms with van der Waals surface area (Å²) in [5.41, 5.74) is 2.68. The van der Waals surface area contributed by atoms with E-state index in [1.807, 2.05) is 17.4 Å². The summed E-state index contributed by atoms with van der Waals surface area (Å²) in [5.74, 6) is 0.454. The summed E-state index contributed by atoms with van der Waals surface area (Å²) in [6.45, 7) is 5.92. The second kappa shape index (κ2) is 5.11. The Hall–Kier alpha value is -2.28. The summed E-state index contributed by atoms with van der Waals surface area (Å²) in [6.07, 6.45) is 4.13. The molecule has 4 heterocycles. The molecule has 6 nitrogen and oxygen atoms in total. The second-order valence-electron chi connectivity index (χ2n) is 6.85. The van der Waals surface area contributed by atoms with Crippen LogP contribution in [0.3, 0.4) is 0 Å². The van der Waals surface area contributed by atoms with Crippen molar-refractivity contribution >= 4 is 22.5 Å². The Labute approximate surface area is 138 Å². The Morgan fingerprint density at radius 1 is 1.21 bits per heavy atom. The van der Waals surface area contributed by atoms with E-state index in [0.717, 1.165) is 36.5 Å². The number of halogens is 1. The third-order valence-electron chi connectivity index (χ3n) is 5.30. The molecule has 0 radical (unpaired) electrons. The molecule has 2 saturated heterocycles. The fraction of sp³-hybridized carbons (Fsp3) is 0.471. The van der Waals surface area contributed by atoms with E-state index in [1.54, 1.807) is 6.33 Å². The lowest BCUT2D eigenvalue weighted by Crippen LogP contribution is -2.50. The van der Waals surface area contributed by atoms with Gasteiger partial charge in [0.25, 0.3) is 0 Å². The number of anilines is 1. The highest BCUT2D eigenvalue weighted by Crippen LogP contribution is 2.29. The topological polar surface area (TPSA) is 49.6 Å². The highest BCUT2D eigenvalue weighted by Gasteiger charge is 2.32. The normalized spacial score (nSPS) is 21.8. The number of aryl methyl sites for hydroxylation is 1. The lowest BCUT2D eigenvalue weighted by atomic mass is 10.1. The average Bonchev–Trinajstić information content (AvgIpc) is 3.22. The molecule has 1 atom stereocenters. The molecule has 3 aromatic rings. The number of piperazine rings is 1. The van der Waals surface area contributed by atoms with E-state index >= 15 is 0 Å². The van der Waals surface area contributed by atoms with Crippen molar-refractivity contribution in [2.75, 3.05) is 31.1 Å². The smallest absolute Gasteiger partial charge is 0.204 e. The number of hydrogen-bond donors (Lipinski definition) is 0. The minimum Gasteiger partial charge on any atom is -0.351 e. The van der Waals surface area contributed by atoms with Crippen molar-refractivity contribution in [3.05, 3.63) is 29.8 Å². The van der Waals surface area contributed by atoms with Gasteiger partial charge in [-0.05, 0) is 44.0 Å². The van der Waals surface area contributed by atoms with E-state index in [-0.39, 0.29) is 5.82 Å². The molecule has 124 valence electrons. The Kier molecular flexibility index (Phi) is 3.00. The van der Waals surface area contributed by atoms with Crippen LogP contribution in [0, 0.1) is 12.7 Å². The van der Waals surface area contributed by atoms with Crippen LogP contribution in [0.5, 0.6) is 0 Å². The molecule has 0 aliphatic carbocycles. The van der Waals surface area contributed by atoms with Gasteiger partial charge in [-0.15, -0.1) is 10.2 Å². The quantitative estimate of drug-likeness (QED) is 0.685. The van der Waals surface area contributed by atoms with E-state index in [4.69, 9.17) is 0 Å². The molecule has 24 heavy (non-hydrogen) atoms. The van der Waals surface area contributed by atoms with Gasteiger partial charge in [-0.2, -0.15) is 0 Å².